The number of carbonyl (C=O) groups is 2. The summed E-state index contributed by atoms with van der Waals surface area (Å²) < 4.78 is 43.2. The number of hydrogen-bond donors (Lipinski definition) is 0. The predicted octanol–water partition coefficient (Wildman–Crippen LogP) is 4.77. The fourth-order valence-electron chi connectivity index (χ4n) is 2.74. The monoisotopic (exact) mass is 401 g/mol. The molecule has 0 saturated heterocycles. The topological polar surface area (TPSA) is 46.6 Å². The average molecular weight is 401 g/mol. The number of amides is 1. The van der Waals surface area contributed by atoms with Gasteiger partial charge in [0.15, 0.2) is 6.61 Å². The van der Waals surface area contributed by atoms with Crippen molar-refractivity contribution in [1.29, 1.82) is 0 Å². The molecule has 0 fully saturated rings. The van der Waals surface area contributed by atoms with Crippen molar-refractivity contribution in [2.24, 2.45) is 0 Å². The number of rotatable bonds is 4. The molecule has 0 atom stereocenters. The predicted molar refractivity (Wildman–Crippen MR) is 103 cm³/mol. The summed E-state index contributed by atoms with van der Waals surface area (Å²) in [5.74, 6) is -0.953. The Bertz CT molecular complexity index is 1060. The van der Waals surface area contributed by atoms with E-state index in [1.807, 2.05) is 6.07 Å². The third kappa shape index (κ3) is 4.74. The Hall–Kier alpha value is -3.35. The van der Waals surface area contributed by atoms with Crippen LogP contribution in [0, 0.1) is 0 Å². The van der Waals surface area contributed by atoms with E-state index in [9.17, 15) is 22.8 Å². The number of halogens is 3. The molecule has 3 rings (SSSR count). The molecule has 0 radical (unpaired) electrons. The minimum absolute atomic E-state index is 0.286. The zero-order valence-corrected chi connectivity index (χ0v) is 15.8. The summed E-state index contributed by atoms with van der Waals surface area (Å²) in [7, 11) is 3.13. The number of hydrogen-bond acceptors (Lipinski definition) is 3. The smallest absolute Gasteiger partial charge is 0.416 e. The highest BCUT2D eigenvalue weighted by molar-refractivity contribution is 5.97. The van der Waals surface area contributed by atoms with E-state index in [1.54, 1.807) is 44.4 Å². The molecular weight excluding hydrogens is 383 g/mol. The van der Waals surface area contributed by atoms with Crippen molar-refractivity contribution in [2.45, 2.75) is 6.18 Å². The Labute approximate surface area is 165 Å². The standard InChI is InChI=1S/C22H18F3NO3/c1-26(2)20(27)13-29-21(28)17-6-4-15-3-5-16(11-18(15)12-17)14-7-9-19(10-8-14)22(23,24)25/h3-12H,13H2,1-2H3. The summed E-state index contributed by atoms with van der Waals surface area (Å²) in [6.45, 7) is -0.352. The molecular formula is C22H18F3NO3. The number of likely N-dealkylation sites (N-methyl/N-ethyl adjacent to an activating group) is 1. The second-order valence-corrected chi connectivity index (χ2v) is 6.72. The first-order valence-corrected chi connectivity index (χ1v) is 8.74. The highest BCUT2D eigenvalue weighted by atomic mass is 19.4. The molecule has 150 valence electrons. The fourth-order valence-corrected chi connectivity index (χ4v) is 2.74. The van der Waals surface area contributed by atoms with E-state index in [0.717, 1.165) is 28.5 Å². The minimum Gasteiger partial charge on any atom is -0.452 e. The van der Waals surface area contributed by atoms with Gasteiger partial charge in [0.05, 0.1) is 11.1 Å². The molecule has 0 bridgehead atoms. The van der Waals surface area contributed by atoms with Gasteiger partial charge in [0.2, 0.25) is 0 Å². The molecule has 0 aliphatic rings. The number of carbonyl (C=O) groups excluding carboxylic acids is 2. The van der Waals surface area contributed by atoms with Crippen molar-refractivity contribution in [1.82, 2.24) is 4.90 Å². The van der Waals surface area contributed by atoms with Crippen molar-refractivity contribution in [2.75, 3.05) is 20.7 Å². The molecule has 0 heterocycles. The first kappa shape index (κ1) is 20.4. The number of fused-ring (bicyclic) bond motifs is 1. The zero-order valence-electron chi connectivity index (χ0n) is 15.8. The van der Waals surface area contributed by atoms with Gasteiger partial charge >= 0.3 is 12.1 Å². The molecule has 7 heteroatoms. The third-order valence-electron chi connectivity index (χ3n) is 4.45. The lowest BCUT2D eigenvalue weighted by Crippen LogP contribution is -2.27. The van der Waals surface area contributed by atoms with Crippen LogP contribution in [-0.2, 0) is 15.7 Å². The van der Waals surface area contributed by atoms with Crippen LogP contribution in [0.25, 0.3) is 21.9 Å². The molecule has 0 saturated carbocycles. The van der Waals surface area contributed by atoms with Gasteiger partial charge in [-0.2, -0.15) is 13.2 Å². The van der Waals surface area contributed by atoms with Crippen LogP contribution in [0.1, 0.15) is 15.9 Å². The molecule has 1 amide bonds. The lowest BCUT2D eigenvalue weighted by atomic mass is 9.99. The van der Waals surface area contributed by atoms with E-state index < -0.39 is 17.7 Å². The van der Waals surface area contributed by atoms with Crippen LogP contribution in [0.15, 0.2) is 60.7 Å². The summed E-state index contributed by atoms with van der Waals surface area (Å²) in [5.41, 5.74) is 0.928. The maximum absolute atomic E-state index is 12.7. The molecule has 0 spiro atoms. The molecule has 29 heavy (non-hydrogen) atoms. The third-order valence-corrected chi connectivity index (χ3v) is 4.45. The second kappa shape index (κ2) is 7.95. The minimum atomic E-state index is -4.38. The summed E-state index contributed by atoms with van der Waals surface area (Å²) in [4.78, 5) is 25.1. The number of esters is 1. The zero-order chi connectivity index (χ0) is 21.2. The molecule has 3 aromatic rings. The van der Waals surface area contributed by atoms with Crippen LogP contribution in [0.5, 0.6) is 0 Å². The molecule has 0 aliphatic heterocycles. The number of ether oxygens (including phenoxy) is 1. The van der Waals surface area contributed by atoms with Gasteiger partial charge in [0, 0.05) is 14.1 Å². The quantitative estimate of drug-likeness (QED) is 0.592. The maximum atomic E-state index is 12.7. The molecule has 0 unspecified atom stereocenters. The van der Waals surface area contributed by atoms with Crippen LogP contribution in [0.2, 0.25) is 0 Å². The Balaban J connectivity index is 1.85. The summed E-state index contributed by atoms with van der Waals surface area (Å²) in [6.07, 6.45) is -4.38. The first-order chi connectivity index (χ1) is 13.6. The van der Waals surface area contributed by atoms with Gasteiger partial charge in [-0.15, -0.1) is 0 Å². The van der Waals surface area contributed by atoms with E-state index in [0.29, 0.717) is 5.56 Å². The molecule has 4 nitrogen and oxygen atoms in total. The number of nitrogens with zero attached hydrogens (tertiary/aromatic N) is 1. The van der Waals surface area contributed by atoms with Gasteiger partial charge in [-0.25, -0.2) is 4.79 Å². The maximum Gasteiger partial charge on any atom is 0.416 e. The van der Waals surface area contributed by atoms with E-state index >= 15 is 0 Å². The van der Waals surface area contributed by atoms with Crippen LogP contribution in [0.4, 0.5) is 13.2 Å². The van der Waals surface area contributed by atoms with Crippen molar-refractivity contribution in [3.63, 3.8) is 0 Å². The lowest BCUT2D eigenvalue weighted by molar-refractivity contribution is -0.137. The molecule has 0 aliphatic carbocycles. The molecule has 0 aromatic heterocycles. The Kier molecular flexibility index (Phi) is 5.59. The lowest BCUT2D eigenvalue weighted by Gasteiger charge is -2.11. The largest absolute Gasteiger partial charge is 0.452 e. The van der Waals surface area contributed by atoms with Gasteiger partial charge < -0.3 is 9.64 Å². The highest BCUT2D eigenvalue weighted by Crippen LogP contribution is 2.32. The van der Waals surface area contributed by atoms with Crippen molar-refractivity contribution in [3.05, 3.63) is 71.8 Å². The van der Waals surface area contributed by atoms with Crippen molar-refractivity contribution < 1.29 is 27.5 Å². The summed E-state index contributed by atoms with van der Waals surface area (Å²) in [5, 5.41) is 1.59. The fraction of sp³-hybridized carbons (Fsp3) is 0.182. The number of alkyl halides is 3. The normalized spacial score (nSPS) is 11.3. The second-order valence-electron chi connectivity index (χ2n) is 6.72. The SMILES string of the molecule is CN(C)C(=O)COC(=O)c1ccc2ccc(-c3ccc(C(F)(F)F)cc3)cc2c1. The van der Waals surface area contributed by atoms with E-state index in [4.69, 9.17) is 4.74 Å². The van der Waals surface area contributed by atoms with E-state index in [-0.39, 0.29) is 18.1 Å². The van der Waals surface area contributed by atoms with E-state index in [1.165, 1.54) is 17.0 Å². The first-order valence-electron chi connectivity index (χ1n) is 8.74. The van der Waals surface area contributed by atoms with Gasteiger partial charge in [-0.3, -0.25) is 4.79 Å². The van der Waals surface area contributed by atoms with Crippen LogP contribution >= 0.6 is 0 Å². The van der Waals surface area contributed by atoms with Crippen LogP contribution in [-0.4, -0.2) is 37.5 Å². The molecule has 0 N–H and O–H groups in total. The Morgan fingerprint density at radius 3 is 2.10 bits per heavy atom. The van der Waals surface area contributed by atoms with E-state index in [2.05, 4.69) is 0 Å². The van der Waals surface area contributed by atoms with Crippen LogP contribution in [0.3, 0.4) is 0 Å². The Morgan fingerprint density at radius 2 is 1.48 bits per heavy atom. The van der Waals surface area contributed by atoms with Gasteiger partial charge in [-0.1, -0.05) is 30.3 Å². The highest BCUT2D eigenvalue weighted by Gasteiger charge is 2.29. The van der Waals surface area contributed by atoms with Gasteiger partial charge in [0.25, 0.3) is 5.91 Å². The number of benzene rings is 3. The molecule has 3 aromatic carbocycles. The average Bonchev–Trinajstić information content (AvgIpc) is 2.70. The van der Waals surface area contributed by atoms with Crippen LogP contribution < -0.4 is 0 Å². The summed E-state index contributed by atoms with van der Waals surface area (Å²) in [6, 6.07) is 15.3. The van der Waals surface area contributed by atoms with Gasteiger partial charge in [-0.05, 0) is 52.2 Å². The summed E-state index contributed by atoms with van der Waals surface area (Å²) >= 11 is 0. The van der Waals surface area contributed by atoms with Crippen molar-refractivity contribution >= 4 is 22.6 Å². The Morgan fingerprint density at radius 1 is 0.862 bits per heavy atom. The van der Waals surface area contributed by atoms with Crippen molar-refractivity contribution in [3.8, 4) is 11.1 Å². The van der Waals surface area contributed by atoms with Gasteiger partial charge in [0.1, 0.15) is 0 Å².